The van der Waals surface area contributed by atoms with Crippen LogP contribution in [0.3, 0.4) is 0 Å². The lowest BCUT2D eigenvalue weighted by Crippen LogP contribution is -2.41. The van der Waals surface area contributed by atoms with Crippen LogP contribution in [-0.4, -0.2) is 15.0 Å². The van der Waals surface area contributed by atoms with Crippen LogP contribution in [0.4, 0.5) is 5.69 Å². The van der Waals surface area contributed by atoms with Gasteiger partial charge in [-0.15, -0.1) is 0 Å². The summed E-state index contributed by atoms with van der Waals surface area (Å²) in [5.74, 6) is -0.371. The van der Waals surface area contributed by atoms with Gasteiger partial charge in [-0.25, -0.2) is 4.79 Å². The minimum atomic E-state index is -0.505. The number of carbonyl (C=O) groups is 1. The Morgan fingerprint density at radius 3 is 2.58 bits per heavy atom. The molecular weight excluding hydrogens is 354 g/mol. The van der Waals surface area contributed by atoms with Gasteiger partial charge in [-0.1, -0.05) is 29.8 Å². The average Bonchev–Trinajstić information content (AvgIpc) is 2.62. The van der Waals surface area contributed by atoms with Gasteiger partial charge in [-0.05, 0) is 43.7 Å². The molecule has 0 saturated carbocycles. The zero-order valence-electron chi connectivity index (χ0n) is 14.5. The minimum Gasteiger partial charge on any atom is -0.324 e. The van der Waals surface area contributed by atoms with Crippen molar-refractivity contribution in [2.45, 2.75) is 26.9 Å². The van der Waals surface area contributed by atoms with Crippen LogP contribution in [0.5, 0.6) is 0 Å². The van der Waals surface area contributed by atoms with E-state index in [1.165, 1.54) is 4.57 Å². The maximum Gasteiger partial charge on any atom is 0.331 e. The first kappa shape index (κ1) is 17.9. The van der Waals surface area contributed by atoms with E-state index in [1.807, 2.05) is 6.92 Å². The lowest BCUT2D eigenvalue weighted by atomic mass is 10.2. The smallest absolute Gasteiger partial charge is 0.324 e. The molecule has 0 aliphatic carbocycles. The van der Waals surface area contributed by atoms with Gasteiger partial charge in [0.15, 0.2) is 0 Å². The molecule has 2 aromatic carbocycles. The fourth-order valence-electron chi connectivity index (χ4n) is 2.86. The molecule has 0 fully saturated rings. The molecule has 0 bridgehead atoms. The van der Waals surface area contributed by atoms with Crippen molar-refractivity contribution in [1.29, 1.82) is 0 Å². The topological polar surface area (TPSA) is 73.1 Å². The van der Waals surface area contributed by atoms with E-state index in [4.69, 9.17) is 11.6 Å². The van der Waals surface area contributed by atoms with E-state index in [1.54, 1.807) is 49.4 Å². The van der Waals surface area contributed by atoms with Crippen LogP contribution in [0.1, 0.15) is 12.5 Å². The van der Waals surface area contributed by atoms with Gasteiger partial charge >= 0.3 is 5.69 Å². The normalized spacial score (nSPS) is 10.9. The van der Waals surface area contributed by atoms with Crippen molar-refractivity contribution in [3.8, 4) is 0 Å². The lowest BCUT2D eigenvalue weighted by Gasteiger charge is -2.14. The molecule has 3 aromatic rings. The number of hydrogen-bond donors (Lipinski definition) is 1. The number of fused-ring (bicyclic) bond motifs is 1. The molecule has 0 unspecified atom stereocenters. The number of hydrogen-bond acceptors (Lipinski definition) is 3. The van der Waals surface area contributed by atoms with E-state index in [0.29, 0.717) is 21.6 Å². The predicted molar refractivity (Wildman–Crippen MR) is 103 cm³/mol. The first-order valence-electron chi connectivity index (χ1n) is 8.20. The summed E-state index contributed by atoms with van der Waals surface area (Å²) in [4.78, 5) is 37.6. The number of aryl methyl sites for hydroxylation is 1. The predicted octanol–water partition coefficient (Wildman–Crippen LogP) is 2.78. The summed E-state index contributed by atoms with van der Waals surface area (Å²) >= 11 is 5.98. The fraction of sp³-hybridized carbons (Fsp3) is 0.211. The highest BCUT2D eigenvalue weighted by Gasteiger charge is 2.15. The molecule has 0 radical (unpaired) electrons. The standard InChI is InChI=1S/C19H18ClN3O3/c1-3-22-18(25)14-6-4-5-7-16(14)23(19(22)26)11-17(24)21-15-10-13(20)9-8-12(15)2/h4-10H,3,11H2,1-2H3,(H,21,24). The Morgan fingerprint density at radius 1 is 1.12 bits per heavy atom. The first-order valence-corrected chi connectivity index (χ1v) is 8.58. The highest BCUT2D eigenvalue weighted by atomic mass is 35.5. The molecule has 1 aromatic heterocycles. The number of aromatic nitrogens is 2. The molecule has 0 atom stereocenters. The Labute approximate surface area is 154 Å². The Kier molecular flexibility index (Phi) is 4.95. The molecule has 0 aliphatic rings. The maximum atomic E-state index is 12.7. The van der Waals surface area contributed by atoms with E-state index in [9.17, 15) is 14.4 Å². The Balaban J connectivity index is 2.03. The molecule has 3 rings (SSSR count). The summed E-state index contributed by atoms with van der Waals surface area (Å²) in [7, 11) is 0. The van der Waals surface area contributed by atoms with Crippen LogP contribution in [-0.2, 0) is 17.9 Å². The van der Waals surface area contributed by atoms with E-state index < -0.39 is 5.69 Å². The largest absolute Gasteiger partial charge is 0.331 e. The Morgan fingerprint density at radius 2 is 1.85 bits per heavy atom. The fourth-order valence-corrected chi connectivity index (χ4v) is 3.04. The molecular formula is C19H18ClN3O3. The maximum absolute atomic E-state index is 12.7. The third-order valence-electron chi connectivity index (χ3n) is 4.22. The quantitative estimate of drug-likeness (QED) is 0.766. The number of benzene rings is 2. The zero-order chi connectivity index (χ0) is 18.8. The van der Waals surface area contributed by atoms with E-state index >= 15 is 0 Å². The monoisotopic (exact) mass is 371 g/mol. The number of amides is 1. The highest BCUT2D eigenvalue weighted by Crippen LogP contribution is 2.20. The summed E-state index contributed by atoms with van der Waals surface area (Å²) in [6.45, 7) is 3.60. The van der Waals surface area contributed by atoms with Gasteiger partial charge in [0.1, 0.15) is 6.54 Å². The zero-order valence-corrected chi connectivity index (χ0v) is 15.2. The van der Waals surface area contributed by atoms with Gasteiger partial charge in [0, 0.05) is 17.3 Å². The average molecular weight is 372 g/mol. The van der Waals surface area contributed by atoms with E-state index in [-0.39, 0.29) is 24.6 Å². The minimum absolute atomic E-state index is 0.203. The number of para-hydroxylation sites is 1. The molecule has 1 N–H and O–H groups in total. The van der Waals surface area contributed by atoms with Gasteiger partial charge < -0.3 is 5.32 Å². The molecule has 7 heteroatoms. The lowest BCUT2D eigenvalue weighted by molar-refractivity contribution is -0.116. The van der Waals surface area contributed by atoms with Crippen molar-refractivity contribution in [3.63, 3.8) is 0 Å². The summed E-state index contributed by atoms with van der Waals surface area (Å²) in [5, 5.41) is 3.68. The molecule has 1 heterocycles. The molecule has 1 amide bonds. The molecule has 0 aliphatic heterocycles. The second-order valence-electron chi connectivity index (χ2n) is 5.94. The summed E-state index contributed by atoms with van der Waals surface area (Å²) in [6.07, 6.45) is 0. The second kappa shape index (κ2) is 7.17. The van der Waals surface area contributed by atoms with E-state index in [2.05, 4.69) is 5.32 Å². The van der Waals surface area contributed by atoms with Crippen molar-refractivity contribution in [3.05, 3.63) is 73.9 Å². The van der Waals surface area contributed by atoms with Crippen LogP contribution in [0, 0.1) is 6.92 Å². The summed E-state index contributed by atoms with van der Waals surface area (Å²) < 4.78 is 2.44. The van der Waals surface area contributed by atoms with Crippen LogP contribution in [0.15, 0.2) is 52.1 Å². The molecule has 6 nitrogen and oxygen atoms in total. The van der Waals surface area contributed by atoms with Gasteiger partial charge in [-0.2, -0.15) is 0 Å². The number of nitrogens with zero attached hydrogens (tertiary/aromatic N) is 2. The van der Waals surface area contributed by atoms with Crippen LogP contribution >= 0.6 is 11.6 Å². The molecule has 134 valence electrons. The third kappa shape index (κ3) is 3.28. The van der Waals surface area contributed by atoms with Crippen molar-refractivity contribution in [2.75, 3.05) is 5.32 Å². The van der Waals surface area contributed by atoms with Crippen LogP contribution in [0.25, 0.3) is 10.9 Å². The molecule has 0 spiro atoms. The van der Waals surface area contributed by atoms with E-state index in [0.717, 1.165) is 10.1 Å². The van der Waals surface area contributed by atoms with Crippen molar-refractivity contribution in [2.24, 2.45) is 0 Å². The van der Waals surface area contributed by atoms with Crippen molar-refractivity contribution in [1.82, 2.24) is 9.13 Å². The van der Waals surface area contributed by atoms with Crippen LogP contribution in [0.2, 0.25) is 5.02 Å². The molecule has 0 saturated heterocycles. The number of anilines is 1. The number of carbonyl (C=O) groups excluding carboxylic acids is 1. The molecule has 26 heavy (non-hydrogen) atoms. The van der Waals surface area contributed by atoms with Crippen molar-refractivity contribution < 1.29 is 4.79 Å². The van der Waals surface area contributed by atoms with Gasteiger partial charge in [0.25, 0.3) is 5.56 Å². The van der Waals surface area contributed by atoms with Gasteiger partial charge in [0.2, 0.25) is 5.91 Å². The highest BCUT2D eigenvalue weighted by molar-refractivity contribution is 6.31. The van der Waals surface area contributed by atoms with Crippen LogP contribution < -0.4 is 16.6 Å². The summed E-state index contributed by atoms with van der Waals surface area (Å²) in [6, 6.07) is 12.0. The number of halogens is 1. The first-order chi connectivity index (χ1) is 12.4. The Bertz CT molecular complexity index is 1120. The van der Waals surface area contributed by atoms with Gasteiger partial charge in [-0.3, -0.25) is 18.7 Å². The third-order valence-corrected chi connectivity index (χ3v) is 4.46. The second-order valence-corrected chi connectivity index (χ2v) is 6.38. The van der Waals surface area contributed by atoms with Crippen molar-refractivity contribution >= 4 is 34.1 Å². The SMILES string of the molecule is CCn1c(=O)c2ccccc2n(CC(=O)Nc2cc(Cl)ccc2C)c1=O. The number of rotatable bonds is 4. The Hall–Kier alpha value is -2.86. The number of nitrogens with one attached hydrogen (secondary N) is 1. The van der Waals surface area contributed by atoms with Gasteiger partial charge in [0.05, 0.1) is 10.9 Å². The summed E-state index contributed by atoms with van der Waals surface area (Å²) in [5.41, 5.74) is 1.02.